The molecule has 23 heavy (non-hydrogen) atoms. The Hall–Kier alpha value is -2.73. The molecule has 0 unspecified atom stereocenters. The number of fused-ring (bicyclic) bond motifs is 1. The average Bonchev–Trinajstić information content (AvgIpc) is 2.56. The normalized spacial score (nSPS) is 10.6. The second-order valence-corrected chi connectivity index (χ2v) is 5.06. The largest absolute Gasteiger partial charge is 0.479 e. The number of halogens is 2. The minimum Gasteiger partial charge on any atom is -0.479 e. The molecule has 0 saturated carbocycles. The van der Waals surface area contributed by atoms with Crippen molar-refractivity contribution in [3.63, 3.8) is 0 Å². The van der Waals surface area contributed by atoms with E-state index in [1.54, 1.807) is 18.2 Å². The summed E-state index contributed by atoms with van der Waals surface area (Å²) < 4.78 is 18.2. The summed E-state index contributed by atoms with van der Waals surface area (Å²) in [5.41, 5.74) is 1.46. The van der Waals surface area contributed by atoms with Gasteiger partial charge >= 0.3 is 0 Å². The van der Waals surface area contributed by atoms with Crippen LogP contribution in [0.1, 0.15) is 10.5 Å². The molecule has 7 heteroatoms. The summed E-state index contributed by atoms with van der Waals surface area (Å²) in [7, 11) is 1.40. The van der Waals surface area contributed by atoms with E-state index in [0.29, 0.717) is 11.0 Å². The fraction of sp³-hybridized carbons (Fsp3) is 0.0625. The molecule has 5 nitrogen and oxygen atoms in total. The zero-order valence-electron chi connectivity index (χ0n) is 12.0. The standard InChI is InChI=1S/C16H11ClFN3O2/c1-23-16-14(19-12-4-2-3-5-13(12)21-16)15(22)20-11-7-6-9(18)8-10(11)17/h2-8H,1H3,(H,20,22). The number of nitrogens with zero attached hydrogens (tertiary/aromatic N) is 2. The third-order valence-electron chi connectivity index (χ3n) is 3.13. The van der Waals surface area contributed by atoms with Crippen LogP contribution in [-0.4, -0.2) is 23.0 Å². The summed E-state index contributed by atoms with van der Waals surface area (Å²) >= 11 is 5.91. The molecule has 1 amide bonds. The van der Waals surface area contributed by atoms with Gasteiger partial charge in [0.1, 0.15) is 5.82 Å². The lowest BCUT2D eigenvalue weighted by Crippen LogP contribution is -2.16. The molecule has 3 rings (SSSR count). The Morgan fingerprint density at radius 1 is 1.17 bits per heavy atom. The van der Waals surface area contributed by atoms with Crippen molar-refractivity contribution in [3.05, 3.63) is 59.0 Å². The second-order valence-electron chi connectivity index (χ2n) is 4.65. The van der Waals surface area contributed by atoms with Gasteiger partial charge in [-0.15, -0.1) is 0 Å². The van der Waals surface area contributed by atoms with Crippen molar-refractivity contribution >= 4 is 34.2 Å². The molecule has 1 heterocycles. The van der Waals surface area contributed by atoms with Gasteiger partial charge in [0, 0.05) is 0 Å². The molecule has 2 aromatic carbocycles. The highest BCUT2D eigenvalue weighted by Gasteiger charge is 2.18. The maximum absolute atomic E-state index is 13.1. The molecule has 0 radical (unpaired) electrons. The molecule has 1 aromatic heterocycles. The number of carbonyl (C=O) groups is 1. The van der Waals surface area contributed by atoms with Gasteiger partial charge in [-0.05, 0) is 30.3 Å². The lowest BCUT2D eigenvalue weighted by atomic mass is 10.2. The van der Waals surface area contributed by atoms with Crippen molar-refractivity contribution in [2.24, 2.45) is 0 Å². The highest BCUT2D eigenvalue weighted by molar-refractivity contribution is 6.33. The maximum Gasteiger partial charge on any atom is 0.279 e. The average molecular weight is 332 g/mol. The molecule has 0 atom stereocenters. The lowest BCUT2D eigenvalue weighted by Gasteiger charge is -2.10. The van der Waals surface area contributed by atoms with Crippen LogP contribution in [0.4, 0.5) is 10.1 Å². The number of rotatable bonds is 3. The van der Waals surface area contributed by atoms with Crippen molar-refractivity contribution in [2.75, 3.05) is 12.4 Å². The number of ether oxygens (including phenoxy) is 1. The van der Waals surface area contributed by atoms with Gasteiger partial charge in [0.25, 0.3) is 5.91 Å². The van der Waals surface area contributed by atoms with Crippen LogP contribution < -0.4 is 10.1 Å². The van der Waals surface area contributed by atoms with Gasteiger partial charge in [-0.2, -0.15) is 0 Å². The minimum atomic E-state index is -0.548. The number of para-hydroxylation sites is 2. The lowest BCUT2D eigenvalue weighted by molar-refractivity contribution is 0.101. The van der Waals surface area contributed by atoms with Crippen LogP contribution >= 0.6 is 11.6 Å². The maximum atomic E-state index is 13.1. The van der Waals surface area contributed by atoms with E-state index in [4.69, 9.17) is 16.3 Å². The summed E-state index contributed by atoms with van der Waals surface area (Å²) in [6.45, 7) is 0. The number of benzene rings is 2. The summed E-state index contributed by atoms with van der Waals surface area (Å²) in [4.78, 5) is 21.0. The summed E-state index contributed by atoms with van der Waals surface area (Å²) in [6, 6.07) is 10.8. The van der Waals surface area contributed by atoms with E-state index in [0.717, 1.165) is 6.07 Å². The number of aromatic nitrogens is 2. The third-order valence-corrected chi connectivity index (χ3v) is 3.44. The van der Waals surface area contributed by atoms with Crippen LogP contribution in [0, 0.1) is 5.82 Å². The zero-order valence-corrected chi connectivity index (χ0v) is 12.8. The Balaban J connectivity index is 1.99. The SMILES string of the molecule is COc1nc2ccccc2nc1C(=O)Nc1ccc(F)cc1Cl. The van der Waals surface area contributed by atoms with E-state index in [9.17, 15) is 9.18 Å². The highest BCUT2D eigenvalue weighted by Crippen LogP contribution is 2.25. The van der Waals surface area contributed by atoms with Crippen molar-refractivity contribution < 1.29 is 13.9 Å². The molecule has 0 spiro atoms. The van der Waals surface area contributed by atoms with E-state index in [1.807, 2.05) is 6.07 Å². The molecule has 116 valence electrons. The Morgan fingerprint density at radius 2 is 1.87 bits per heavy atom. The predicted molar refractivity (Wildman–Crippen MR) is 85.5 cm³/mol. The number of nitrogens with one attached hydrogen (secondary N) is 1. The summed E-state index contributed by atoms with van der Waals surface area (Å²) in [5, 5.41) is 2.66. The van der Waals surface area contributed by atoms with Crippen molar-refractivity contribution in [1.82, 2.24) is 9.97 Å². The first kappa shape index (κ1) is 15.2. The van der Waals surface area contributed by atoms with E-state index < -0.39 is 11.7 Å². The highest BCUT2D eigenvalue weighted by atomic mass is 35.5. The molecular weight excluding hydrogens is 321 g/mol. The van der Waals surface area contributed by atoms with Gasteiger partial charge in [0.2, 0.25) is 5.88 Å². The first-order chi connectivity index (χ1) is 11.1. The molecule has 0 fully saturated rings. The molecule has 0 bridgehead atoms. The number of carbonyl (C=O) groups excluding carboxylic acids is 1. The van der Waals surface area contributed by atoms with Crippen molar-refractivity contribution in [3.8, 4) is 5.88 Å². The zero-order chi connectivity index (χ0) is 16.4. The first-order valence-electron chi connectivity index (χ1n) is 6.65. The smallest absolute Gasteiger partial charge is 0.279 e. The second kappa shape index (κ2) is 6.18. The fourth-order valence-corrected chi connectivity index (χ4v) is 2.26. The third kappa shape index (κ3) is 3.07. The van der Waals surface area contributed by atoms with E-state index >= 15 is 0 Å². The van der Waals surface area contributed by atoms with Crippen LogP contribution in [0.5, 0.6) is 5.88 Å². The van der Waals surface area contributed by atoms with Crippen LogP contribution in [0.25, 0.3) is 11.0 Å². The molecule has 0 aliphatic heterocycles. The minimum absolute atomic E-state index is 0.0200. The monoisotopic (exact) mass is 331 g/mol. The quantitative estimate of drug-likeness (QED) is 0.795. The number of hydrogen-bond acceptors (Lipinski definition) is 4. The predicted octanol–water partition coefficient (Wildman–Crippen LogP) is 3.68. The fourth-order valence-electron chi connectivity index (χ4n) is 2.05. The van der Waals surface area contributed by atoms with Gasteiger partial charge in [-0.25, -0.2) is 14.4 Å². The molecule has 0 aliphatic rings. The molecule has 0 saturated heterocycles. The molecular formula is C16H11ClFN3O2. The summed E-state index contributed by atoms with van der Waals surface area (Å²) in [5.74, 6) is -0.941. The van der Waals surface area contributed by atoms with Gasteiger partial charge in [0.05, 0.1) is 28.9 Å². The Kier molecular flexibility index (Phi) is 4.08. The van der Waals surface area contributed by atoms with Gasteiger partial charge in [-0.1, -0.05) is 23.7 Å². The van der Waals surface area contributed by atoms with Crippen LogP contribution in [0.3, 0.4) is 0 Å². The number of methoxy groups -OCH3 is 1. The molecule has 1 N–H and O–H groups in total. The van der Waals surface area contributed by atoms with E-state index in [-0.39, 0.29) is 22.3 Å². The molecule has 3 aromatic rings. The van der Waals surface area contributed by atoms with E-state index in [1.165, 1.54) is 19.2 Å². The van der Waals surface area contributed by atoms with Gasteiger partial charge in [-0.3, -0.25) is 4.79 Å². The van der Waals surface area contributed by atoms with Crippen LogP contribution in [-0.2, 0) is 0 Å². The Labute approximate surface area is 136 Å². The number of amides is 1. The topological polar surface area (TPSA) is 64.1 Å². The van der Waals surface area contributed by atoms with Crippen molar-refractivity contribution in [1.29, 1.82) is 0 Å². The van der Waals surface area contributed by atoms with Gasteiger partial charge in [0.15, 0.2) is 5.69 Å². The van der Waals surface area contributed by atoms with Crippen LogP contribution in [0.2, 0.25) is 5.02 Å². The van der Waals surface area contributed by atoms with Crippen LogP contribution in [0.15, 0.2) is 42.5 Å². The first-order valence-corrected chi connectivity index (χ1v) is 7.03. The summed E-state index contributed by atoms with van der Waals surface area (Å²) in [6.07, 6.45) is 0. The van der Waals surface area contributed by atoms with Gasteiger partial charge < -0.3 is 10.1 Å². The Bertz CT molecular complexity index is 902. The van der Waals surface area contributed by atoms with E-state index in [2.05, 4.69) is 15.3 Å². The number of anilines is 1. The van der Waals surface area contributed by atoms with Crippen molar-refractivity contribution in [2.45, 2.75) is 0 Å². The molecule has 0 aliphatic carbocycles. The Morgan fingerprint density at radius 3 is 2.52 bits per heavy atom. The number of hydrogen-bond donors (Lipinski definition) is 1.